The summed E-state index contributed by atoms with van der Waals surface area (Å²) < 4.78 is 5.33. The highest BCUT2D eigenvalue weighted by atomic mass is 35.5. The molecule has 0 amide bonds. The molecule has 0 bridgehead atoms. The van der Waals surface area contributed by atoms with E-state index in [9.17, 15) is 0 Å². The van der Waals surface area contributed by atoms with Gasteiger partial charge in [0.2, 0.25) is 5.88 Å². The van der Waals surface area contributed by atoms with Gasteiger partial charge in [0, 0.05) is 12.6 Å². The van der Waals surface area contributed by atoms with Gasteiger partial charge >= 0.3 is 0 Å². The number of aromatic nitrogens is 1. The Morgan fingerprint density at radius 1 is 1.50 bits per heavy atom. The molecule has 0 atom stereocenters. The molecular weight excluding hydrogens is 223 g/mol. The minimum Gasteiger partial charge on any atom is -0.475 e. The van der Waals surface area contributed by atoms with E-state index in [1.807, 2.05) is 19.0 Å². The maximum absolute atomic E-state index is 5.80. The molecular formula is C9H11Cl2N2O. The summed E-state index contributed by atoms with van der Waals surface area (Å²) in [4.78, 5) is 5.95. The van der Waals surface area contributed by atoms with Crippen LogP contribution in [0.4, 0.5) is 0 Å². The number of nitrogens with zero attached hydrogens (tertiary/aromatic N) is 2. The zero-order chi connectivity index (χ0) is 10.6. The summed E-state index contributed by atoms with van der Waals surface area (Å²) in [7, 11) is 3.93. The van der Waals surface area contributed by atoms with E-state index in [-0.39, 0.29) is 0 Å². The molecule has 5 heteroatoms. The molecule has 0 unspecified atom stereocenters. The van der Waals surface area contributed by atoms with Gasteiger partial charge in [-0.05, 0) is 14.1 Å². The van der Waals surface area contributed by atoms with Crippen LogP contribution in [0.2, 0.25) is 10.0 Å². The first kappa shape index (κ1) is 11.6. The van der Waals surface area contributed by atoms with Gasteiger partial charge in [0.15, 0.2) is 0 Å². The van der Waals surface area contributed by atoms with E-state index < -0.39 is 0 Å². The van der Waals surface area contributed by atoms with Crippen LogP contribution in [-0.2, 0) is 0 Å². The summed E-state index contributed by atoms with van der Waals surface area (Å²) in [6, 6.07) is 2.71. The first-order valence-corrected chi connectivity index (χ1v) is 4.86. The van der Waals surface area contributed by atoms with Crippen LogP contribution in [0.15, 0.2) is 6.20 Å². The maximum Gasteiger partial charge on any atom is 0.233 e. The third-order valence-electron chi connectivity index (χ3n) is 1.49. The summed E-state index contributed by atoms with van der Waals surface area (Å²) in [6.07, 6.45) is 1.46. The zero-order valence-corrected chi connectivity index (χ0v) is 9.56. The molecule has 0 aliphatic carbocycles. The van der Waals surface area contributed by atoms with E-state index in [1.165, 1.54) is 6.20 Å². The number of hydrogen-bond acceptors (Lipinski definition) is 3. The highest BCUT2D eigenvalue weighted by Gasteiger charge is 2.04. The molecule has 0 aliphatic rings. The van der Waals surface area contributed by atoms with E-state index in [4.69, 9.17) is 27.9 Å². The quantitative estimate of drug-likeness (QED) is 0.797. The lowest BCUT2D eigenvalue weighted by molar-refractivity contribution is 0.254. The predicted octanol–water partition coefficient (Wildman–Crippen LogP) is 2.13. The Labute approximate surface area is 93.6 Å². The molecule has 0 spiro atoms. The third kappa shape index (κ3) is 3.70. The van der Waals surface area contributed by atoms with Crippen molar-refractivity contribution in [1.82, 2.24) is 9.88 Å². The van der Waals surface area contributed by atoms with Gasteiger partial charge in [-0.1, -0.05) is 23.2 Å². The minimum absolute atomic E-state index is 0.316. The van der Waals surface area contributed by atoms with Crippen LogP contribution in [0.5, 0.6) is 5.88 Å². The Balaban J connectivity index is 2.51. The van der Waals surface area contributed by atoms with Crippen molar-refractivity contribution >= 4 is 23.2 Å². The van der Waals surface area contributed by atoms with E-state index >= 15 is 0 Å². The van der Waals surface area contributed by atoms with Crippen molar-refractivity contribution in [3.8, 4) is 5.88 Å². The van der Waals surface area contributed by atoms with Crippen LogP contribution < -0.4 is 4.74 Å². The summed E-state index contributed by atoms with van der Waals surface area (Å²) in [5, 5.41) is 0.700. The van der Waals surface area contributed by atoms with Crippen molar-refractivity contribution in [1.29, 1.82) is 0 Å². The zero-order valence-electron chi connectivity index (χ0n) is 8.05. The van der Waals surface area contributed by atoms with Crippen molar-refractivity contribution < 1.29 is 4.74 Å². The van der Waals surface area contributed by atoms with Crippen LogP contribution in [0, 0.1) is 6.07 Å². The lowest BCUT2D eigenvalue weighted by atomic mass is 10.5. The van der Waals surface area contributed by atoms with Crippen molar-refractivity contribution in [2.75, 3.05) is 27.2 Å². The molecule has 0 aromatic carbocycles. The Morgan fingerprint density at radius 2 is 2.21 bits per heavy atom. The number of rotatable bonds is 4. The van der Waals surface area contributed by atoms with Gasteiger partial charge in [-0.25, -0.2) is 4.98 Å². The highest BCUT2D eigenvalue weighted by molar-refractivity contribution is 6.34. The van der Waals surface area contributed by atoms with Gasteiger partial charge in [-0.3, -0.25) is 0 Å². The van der Waals surface area contributed by atoms with E-state index in [0.29, 0.717) is 22.5 Å². The molecule has 0 saturated carbocycles. The van der Waals surface area contributed by atoms with E-state index in [2.05, 4.69) is 11.1 Å². The van der Waals surface area contributed by atoms with E-state index in [0.717, 1.165) is 6.54 Å². The molecule has 1 aromatic heterocycles. The van der Waals surface area contributed by atoms with Crippen LogP contribution >= 0.6 is 23.2 Å². The second kappa shape index (κ2) is 5.39. The smallest absolute Gasteiger partial charge is 0.233 e. The highest BCUT2D eigenvalue weighted by Crippen LogP contribution is 2.23. The van der Waals surface area contributed by atoms with Gasteiger partial charge in [0.05, 0.1) is 11.2 Å². The molecule has 1 radical (unpaired) electrons. The second-order valence-corrected chi connectivity index (χ2v) is 3.79. The van der Waals surface area contributed by atoms with Crippen molar-refractivity contribution in [3.63, 3.8) is 0 Å². The summed E-state index contributed by atoms with van der Waals surface area (Å²) in [5.74, 6) is 0.373. The Kier molecular flexibility index (Phi) is 4.45. The molecule has 3 nitrogen and oxygen atoms in total. The van der Waals surface area contributed by atoms with E-state index in [1.54, 1.807) is 0 Å². The van der Waals surface area contributed by atoms with Crippen LogP contribution in [0.1, 0.15) is 0 Å². The van der Waals surface area contributed by atoms with Crippen molar-refractivity contribution in [3.05, 3.63) is 22.3 Å². The van der Waals surface area contributed by atoms with Gasteiger partial charge < -0.3 is 9.64 Å². The average molecular weight is 234 g/mol. The number of ether oxygens (including phenoxy) is 1. The van der Waals surface area contributed by atoms with Gasteiger partial charge in [0.25, 0.3) is 0 Å². The van der Waals surface area contributed by atoms with Crippen LogP contribution in [0.25, 0.3) is 0 Å². The average Bonchev–Trinajstić information content (AvgIpc) is 2.08. The Bertz CT molecular complexity index is 305. The molecule has 1 heterocycles. The van der Waals surface area contributed by atoms with Crippen LogP contribution in [0.3, 0.4) is 0 Å². The normalized spacial score (nSPS) is 10.6. The monoisotopic (exact) mass is 233 g/mol. The van der Waals surface area contributed by atoms with Gasteiger partial charge in [-0.15, -0.1) is 0 Å². The Morgan fingerprint density at radius 3 is 2.79 bits per heavy atom. The van der Waals surface area contributed by atoms with Gasteiger partial charge in [-0.2, -0.15) is 0 Å². The van der Waals surface area contributed by atoms with Crippen LogP contribution in [-0.4, -0.2) is 37.1 Å². The lowest BCUT2D eigenvalue weighted by Gasteiger charge is -2.10. The fraction of sp³-hybridized carbons (Fsp3) is 0.444. The number of halogens is 2. The fourth-order valence-electron chi connectivity index (χ4n) is 0.788. The molecule has 1 rings (SSSR count). The summed E-state index contributed by atoms with van der Waals surface area (Å²) in [6.45, 7) is 1.34. The number of pyridine rings is 1. The molecule has 1 aromatic rings. The fourth-order valence-corrected chi connectivity index (χ4v) is 1.18. The topological polar surface area (TPSA) is 25.4 Å². The molecule has 14 heavy (non-hydrogen) atoms. The second-order valence-electron chi connectivity index (χ2n) is 3.00. The predicted molar refractivity (Wildman–Crippen MR) is 57.1 cm³/mol. The first-order valence-electron chi connectivity index (χ1n) is 4.10. The molecule has 0 aliphatic heterocycles. The van der Waals surface area contributed by atoms with Crippen molar-refractivity contribution in [2.45, 2.75) is 0 Å². The maximum atomic E-state index is 5.80. The molecule has 0 N–H and O–H groups in total. The minimum atomic E-state index is 0.316. The summed E-state index contributed by atoms with van der Waals surface area (Å²) >= 11 is 11.4. The largest absolute Gasteiger partial charge is 0.475 e. The molecule has 0 saturated heterocycles. The lowest BCUT2D eigenvalue weighted by Crippen LogP contribution is -2.19. The number of likely N-dealkylation sites (N-methyl/N-ethyl adjacent to an activating group) is 1. The SMILES string of the molecule is CN(C)CCOc1ncc(Cl)[c]c1Cl. The summed E-state index contributed by atoms with van der Waals surface area (Å²) in [5.41, 5.74) is 0. The standard InChI is InChI=1S/C9H11Cl2N2O/c1-13(2)3-4-14-9-8(11)5-7(10)6-12-9/h6H,3-4H2,1-2H3. The number of hydrogen-bond donors (Lipinski definition) is 0. The van der Waals surface area contributed by atoms with Gasteiger partial charge in [0.1, 0.15) is 11.6 Å². The first-order chi connectivity index (χ1) is 6.59. The molecule has 77 valence electrons. The Hall–Kier alpha value is -0.510. The van der Waals surface area contributed by atoms with Crippen molar-refractivity contribution in [2.24, 2.45) is 0 Å². The molecule has 0 fully saturated rings. The third-order valence-corrected chi connectivity index (χ3v) is 1.94.